The summed E-state index contributed by atoms with van der Waals surface area (Å²) in [6, 6.07) is 12.8. The molecule has 1 N–H and O–H groups in total. The van der Waals surface area contributed by atoms with Gasteiger partial charge in [-0.05, 0) is 49.7 Å². The molecule has 3 rings (SSSR count). The molecule has 1 aliphatic rings. The molecule has 1 aromatic carbocycles. The van der Waals surface area contributed by atoms with Gasteiger partial charge in [0.2, 0.25) is 5.69 Å². The molecule has 0 aliphatic carbocycles. The van der Waals surface area contributed by atoms with E-state index in [1.165, 1.54) is 25.3 Å². The number of likely N-dealkylation sites (tertiary alicyclic amines) is 1. The van der Waals surface area contributed by atoms with E-state index < -0.39 is 4.92 Å². The Labute approximate surface area is 163 Å². The number of nitrogens with zero attached hydrogens (tertiary/aromatic N) is 4. The van der Waals surface area contributed by atoms with E-state index >= 15 is 0 Å². The SMILES string of the molecule is COc1ccc(C(CNc2ccc([N+](=O)[O-])c(C#N)n2)N2CCCCC2)cc1. The molecule has 0 amide bonds. The highest BCUT2D eigenvalue weighted by molar-refractivity contribution is 5.50. The number of pyridine rings is 1. The van der Waals surface area contributed by atoms with Gasteiger partial charge in [-0.3, -0.25) is 15.0 Å². The minimum absolute atomic E-state index is 0.133. The molecule has 28 heavy (non-hydrogen) atoms. The second kappa shape index (κ2) is 9.15. The minimum Gasteiger partial charge on any atom is -0.497 e. The van der Waals surface area contributed by atoms with Gasteiger partial charge in [-0.2, -0.15) is 5.26 Å². The van der Waals surface area contributed by atoms with Gasteiger partial charge in [0.05, 0.1) is 18.1 Å². The van der Waals surface area contributed by atoms with E-state index in [0.29, 0.717) is 12.4 Å². The van der Waals surface area contributed by atoms with Crippen molar-refractivity contribution in [3.05, 3.63) is 57.8 Å². The highest BCUT2D eigenvalue weighted by Crippen LogP contribution is 2.27. The van der Waals surface area contributed by atoms with E-state index in [4.69, 9.17) is 10.00 Å². The first-order valence-corrected chi connectivity index (χ1v) is 9.30. The van der Waals surface area contributed by atoms with Crippen molar-refractivity contribution in [2.45, 2.75) is 25.3 Å². The molecule has 146 valence electrons. The molecule has 1 fully saturated rings. The molecule has 1 atom stereocenters. The summed E-state index contributed by atoms with van der Waals surface area (Å²) in [6.07, 6.45) is 3.58. The van der Waals surface area contributed by atoms with Crippen molar-refractivity contribution in [1.29, 1.82) is 5.26 Å². The lowest BCUT2D eigenvalue weighted by atomic mass is 10.0. The third-order valence-corrected chi connectivity index (χ3v) is 4.99. The summed E-state index contributed by atoms with van der Waals surface area (Å²) >= 11 is 0. The van der Waals surface area contributed by atoms with Crippen molar-refractivity contribution in [3.63, 3.8) is 0 Å². The summed E-state index contributed by atoms with van der Waals surface area (Å²) in [5.41, 5.74) is 0.697. The van der Waals surface area contributed by atoms with E-state index in [0.717, 1.165) is 24.4 Å². The lowest BCUT2D eigenvalue weighted by molar-refractivity contribution is -0.385. The Kier molecular flexibility index (Phi) is 6.40. The fraction of sp³-hybridized carbons (Fsp3) is 0.400. The number of methoxy groups -OCH3 is 1. The van der Waals surface area contributed by atoms with Crippen LogP contribution in [0.1, 0.15) is 36.6 Å². The van der Waals surface area contributed by atoms with E-state index in [1.807, 2.05) is 12.1 Å². The van der Waals surface area contributed by atoms with E-state index in [-0.39, 0.29) is 17.4 Å². The third-order valence-electron chi connectivity index (χ3n) is 4.99. The summed E-state index contributed by atoms with van der Waals surface area (Å²) in [6.45, 7) is 2.63. The average molecular weight is 381 g/mol. The molecule has 2 aromatic rings. The average Bonchev–Trinajstić information content (AvgIpc) is 2.74. The standard InChI is InChI=1S/C20H23N5O3/c1-28-16-7-5-15(6-8-16)19(24-11-3-2-4-12-24)14-22-20-10-9-18(25(26)27)17(13-21)23-20/h5-10,19H,2-4,11-12,14H2,1H3,(H,22,23). The number of rotatable bonds is 7. The molecular formula is C20H23N5O3. The van der Waals surface area contributed by atoms with Crippen LogP contribution >= 0.6 is 0 Å². The van der Waals surface area contributed by atoms with Gasteiger partial charge in [-0.1, -0.05) is 18.6 Å². The first-order chi connectivity index (χ1) is 13.6. The fourth-order valence-corrected chi connectivity index (χ4v) is 3.49. The first kappa shape index (κ1) is 19.6. The molecular weight excluding hydrogens is 358 g/mol. The van der Waals surface area contributed by atoms with Gasteiger partial charge in [-0.25, -0.2) is 4.98 Å². The van der Waals surface area contributed by atoms with Crippen LogP contribution in [0.2, 0.25) is 0 Å². The van der Waals surface area contributed by atoms with E-state index in [9.17, 15) is 10.1 Å². The number of nitrogens with one attached hydrogen (secondary N) is 1. The van der Waals surface area contributed by atoms with Crippen molar-refractivity contribution in [3.8, 4) is 11.8 Å². The Morgan fingerprint density at radius 3 is 2.57 bits per heavy atom. The smallest absolute Gasteiger partial charge is 0.305 e. The number of nitro groups is 1. The first-order valence-electron chi connectivity index (χ1n) is 9.30. The topological polar surface area (TPSA) is 104 Å². The number of nitriles is 1. The van der Waals surface area contributed by atoms with Crippen LogP contribution in [0.5, 0.6) is 5.75 Å². The number of hydrogen-bond acceptors (Lipinski definition) is 7. The summed E-state index contributed by atoms with van der Waals surface area (Å²) in [7, 11) is 1.64. The zero-order valence-electron chi connectivity index (χ0n) is 15.8. The Bertz CT molecular complexity index is 857. The second-order valence-corrected chi connectivity index (χ2v) is 6.70. The van der Waals surface area contributed by atoms with Gasteiger partial charge >= 0.3 is 5.69 Å². The second-order valence-electron chi connectivity index (χ2n) is 6.70. The molecule has 0 saturated carbocycles. The summed E-state index contributed by atoms with van der Waals surface area (Å²) in [5.74, 6) is 1.27. The number of piperidine rings is 1. The Morgan fingerprint density at radius 2 is 1.96 bits per heavy atom. The minimum atomic E-state index is -0.594. The van der Waals surface area contributed by atoms with Crippen molar-refractivity contribution < 1.29 is 9.66 Å². The lowest BCUT2D eigenvalue weighted by Crippen LogP contribution is -2.37. The van der Waals surface area contributed by atoms with E-state index in [1.54, 1.807) is 19.2 Å². The van der Waals surface area contributed by atoms with Crippen LogP contribution in [-0.4, -0.2) is 41.6 Å². The Hall–Kier alpha value is -3.18. The quantitative estimate of drug-likeness (QED) is 0.578. The number of hydrogen-bond donors (Lipinski definition) is 1. The monoisotopic (exact) mass is 381 g/mol. The number of aromatic nitrogens is 1. The van der Waals surface area contributed by atoms with Crippen LogP contribution in [0.3, 0.4) is 0 Å². The number of ether oxygens (including phenoxy) is 1. The molecule has 8 heteroatoms. The van der Waals surface area contributed by atoms with Crippen molar-refractivity contribution in [2.75, 3.05) is 32.1 Å². The van der Waals surface area contributed by atoms with Gasteiger partial charge in [0.15, 0.2) is 0 Å². The normalized spacial score (nSPS) is 15.4. The fourth-order valence-electron chi connectivity index (χ4n) is 3.49. The predicted octanol–water partition coefficient (Wildman–Crippen LogP) is 3.51. The number of anilines is 1. The van der Waals surface area contributed by atoms with Crippen LogP contribution in [-0.2, 0) is 0 Å². The summed E-state index contributed by atoms with van der Waals surface area (Å²) in [4.78, 5) is 16.9. The molecule has 0 bridgehead atoms. The highest BCUT2D eigenvalue weighted by Gasteiger charge is 2.23. The van der Waals surface area contributed by atoms with Crippen molar-refractivity contribution in [2.24, 2.45) is 0 Å². The van der Waals surface area contributed by atoms with Crippen molar-refractivity contribution in [1.82, 2.24) is 9.88 Å². The molecule has 1 aromatic heterocycles. The van der Waals surface area contributed by atoms with E-state index in [2.05, 4.69) is 27.3 Å². The summed E-state index contributed by atoms with van der Waals surface area (Å²) in [5, 5.41) is 23.4. The van der Waals surface area contributed by atoms with Crippen LogP contribution in [0, 0.1) is 21.4 Å². The highest BCUT2D eigenvalue weighted by atomic mass is 16.6. The Morgan fingerprint density at radius 1 is 1.25 bits per heavy atom. The zero-order valence-corrected chi connectivity index (χ0v) is 15.8. The maximum absolute atomic E-state index is 11.0. The predicted molar refractivity (Wildman–Crippen MR) is 105 cm³/mol. The van der Waals surface area contributed by atoms with Crippen molar-refractivity contribution >= 4 is 11.5 Å². The largest absolute Gasteiger partial charge is 0.497 e. The molecule has 1 unspecified atom stereocenters. The maximum atomic E-state index is 11.0. The van der Waals surface area contributed by atoms with Crippen LogP contribution in [0.4, 0.5) is 11.5 Å². The molecule has 0 spiro atoms. The van der Waals surface area contributed by atoms with Gasteiger partial charge in [0.1, 0.15) is 17.6 Å². The van der Waals surface area contributed by atoms with Gasteiger partial charge in [0, 0.05) is 12.6 Å². The molecule has 8 nitrogen and oxygen atoms in total. The van der Waals surface area contributed by atoms with Gasteiger partial charge < -0.3 is 10.1 Å². The maximum Gasteiger partial charge on any atom is 0.305 e. The molecule has 1 saturated heterocycles. The Balaban J connectivity index is 1.79. The lowest BCUT2D eigenvalue weighted by Gasteiger charge is -2.35. The van der Waals surface area contributed by atoms with Crippen LogP contribution in [0.15, 0.2) is 36.4 Å². The van der Waals surface area contributed by atoms with Gasteiger partial charge in [-0.15, -0.1) is 0 Å². The molecule has 2 heterocycles. The molecule has 0 radical (unpaired) electrons. The van der Waals surface area contributed by atoms with Gasteiger partial charge in [0.25, 0.3) is 0 Å². The van der Waals surface area contributed by atoms with Crippen LogP contribution in [0.25, 0.3) is 0 Å². The molecule has 1 aliphatic heterocycles. The third kappa shape index (κ3) is 4.56. The zero-order chi connectivity index (χ0) is 19.9. The number of benzene rings is 1. The summed E-state index contributed by atoms with van der Waals surface area (Å²) < 4.78 is 5.25. The van der Waals surface area contributed by atoms with Crippen LogP contribution < -0.4 is 10.1 Å².